The average Bonchev–Trinajstić information content (AvgIpc) is 2.49. The molecule has 0 radical (unpaired) electrons. The van der Waals surface area contributed by atoms with Gasteiger partial charge in [-0.2, -0.15) is 0 Å². The SMILES string of the molecule is CCCC#CCN(C)C(=O)C=C(C(=O)OCC)C(=O)OCC. The second-order valence-corrected chi connectivity index (χ2v) is 4.30. The van der Waals surface area contributed by atoms with Crippen LogP contribution in [0.1, 0.15) is 33.6 Å². The lowest BCUT2D eigenvalue weighted by Gasteiger charge is -2.12. The van der Waals surface area contributed by atoms with Crippen LogP contribution in [0.4, 0.5) is 0 Å². The van der Waals surface area contributed by atoms with Gasteiger partial charge in [-0.05, 0) is 20.3 Å². The molecule has 22 heavy (non-hydrogen) atoms. The number of carbonyl (C=O) groups excluding carboxylic acids is 3. The van der Waals surface area contributed by atoms with Crippen LogP contribution < -0.4 is 0 Å². The van der Waals surface area contributed by atoms with Crippen molar-refractivity contribution in [3.05, 3.63) is 11.6 Å². The Morgan fingerprint density at radius 2 is 1.55 bits per heavy atom. The number of hydrogen-bond acceptors (Lipinski definition) is 5. The Kier molecular flexibility index (Phi) is 10.2. The van der Waals surface area contributed by atoms with E-state index in [1.54, 1.807) is 13.8 Å². The summed E-state index contributed by atoms with van der Waals surface area (Å²) in [4.78, 5) is 36.8. The van der Waals surface area contributed by atoms with Crippen LogP contribution in [0.3, 0.4) is 0 Å². The van der Waals surface area contributed by atoms with Crippen LogP contribution >= 0.6 is 0 Å². The Morgan fingerprint density at radius 1 is 1.00 bits per heavy atom. The first-order valence-corrected chi connectivity index (χ1v) is 7.24. The summed E-state index contributed by atoms with van der Waals surface area (Å²) in [6, 6.07) is 0. The predicted octanol–water partition coefficient (Wildman–Crippen LogP) is 1.30. The van der Waals surface area contributed by atoms with E-state index in [9.17, 15) is 14.4 Å². The molecule has 122 valence electrons. The van der Waals surface area contributed by atoms with Crippen molar-refractivity contribution in [2.45, 2.75) is 33.6 Å². The maximum Gasteiger partial charge on any atom is 0.345 e. The Labute approximate surface area is 131 Å². The number of esters is 2. The van der Waals surface area contributed by atoms with E-state index in [-0.39, 0.29) is 19.8 Å². The van der Waals surface area contributed by atoms with E-state index < -0.39 is 23.4 Å². The third-order valence-corrected chi connectivity index (χ3v) is 2.45. The molecule has 0 saturated heterocycles. The summed E-state index contributed by atoms with van der Waals surface area (Å²) in [6.45, 7) is 5.64. The molecule has 0 aliphatic rings. The maximum atomic E-state index is 12.0. The van der Waals surface area contributed by atoms with Crippen LogP contribution in [0.2, 0.25) is 0 Å². The van der Waals surface area contributed by atoms with Gasteiger partial charge in [0.1, 0.15) is 5.57 Å². The smallest absolute Gasteiger partial charge is 0.345 e. The lowest BCUT2D eigenvalue weighted by molar-refractivity contribution is -0.147. The number of rotatable bonds is 7. The second kappa shape index (κ2) is 11.4. The average molecular weight is 309 g/mol. The van der Waals surface area contributed by atoms with Gasteiger partial charge >= 0.3 is 11.9 Å². The van der Waals surface area contributed by atoms with E-state index in [1.165, 1.54) is 11.9 Å². The number of ether oxygens (including phenoxy) is 2. The van der Waals surface area contributed by atoms with E-state index in [1.807, 2.05) is 6.92 Å². The van der Waals surface area contributed by atoms with Crippen molar-refractivity contribution in [3.8, 4) is 11.8 Å². The van der Waals surface area contributed by atoms with Crippen molar-refractivity contribution in [2.75, 3.05) is 26.8 Å². The van der Waals surface area contributed by atoms with Crippen LogP contribution in [-0.2, 0) is 23.9 Å². The minimum atomic E-state index is -0.875. The second-order valence-electron chi connectivity index (χ2n) is 4.30. The van der Waals surface area contributed by atoms with Crippen molar-refractivity contribution in [2.24, 2.45) is 0 Å². The number of likely N-dealkylation sites (N-methyl/N-ethyl adjacent to an activating group) is 1. The van der Waals surface area contributed by atoms with Crippen molar-refractivity contribution in [1.82, 2.24) is 4.90 Å². The first-order chi connectivity index (χ1) is 10.5. The quantitative estimate of drug-likeness (QED) is 0.233. The molecule has 0 saturated carbocycles. The van der Waals surface area contributed by atoms with Gasteiger partial charge in [-0.15, -0.1) is 5.92 Å². The van der Waals surface area contributed by atoms with Gasteiger partial charge in [0.05, 0.1) is 19.8 Å². The topological polar surface area (TPSA) is 72.9 Å². The molecule has 0 atom stereocenters. The van der Waals surface area contributed by atoms with Gasteiger partial charge in [-0.1, -0.05) is 12.8 Å². The minimum Gasteiger partial charge on any atom is -0.462 e. The Bertz CT molecular complexity index is 464. The number of nitrogens with zero attached hydrogens (tertiary/aromatic N) is 1. The standard InChI is InChI=1S/C16H23NO5/c1-5-8-9-10-11-17(4)14(18)12-13(15(19)21-6-2)16(20)22-7-3/h12H,5-8,11H2,1-4H3. The highest BCUT2D eigenvalue weighted by molar-refractivity contribution is 6.17. The molecule has 0 spiro atoms. The zero-order chi connectivity index (χ0) is 17.0. The molecule has 6 nitrogen and oxygen atoms in total. The van der Waals surface area contributed by atoms with Crippen LogP contribution in [0.5, 0.6) is 0 Å². The van der Waals surface area contributed by atoms with Crippen LogP contribution in [0.15, 0.2) is 11.6 Å². The number of carbonyl (C=O) groups is 3. The summed E-state index contributed by atoms with van der Waals surface area (Å²) >= 11 is 0. The van der Waals surface area contributed by atoms with Crippen molar-refractivity contribution < 1.29 is 23.9 Å². The monoisotopic (exact) mass is 309 g/mol. The molecule has 0 unspecified atom stereocenters. The molecule has 0 N–H and O–H groups in total. The third-order valence-electron chi connectivity index (χ3n) is 2.45. The molecule has 0 rings (SSSR count). The molecule has 0 aliphatic heterocycles. The Hall–Kier alpha value is -2.29. The summed E-state index contributed by atoms with van der Waals surface area (Å²) in [5, 5.41) is 0. The molecule has 6 heteroatoms. The molecular weight excluding hydrogens is 286 g/mol. The normalized spacial score (nSPS) is 9.09. The van der Waals surface area contributed by atoms with Gasteiger partial charge in [0.25, 0.3) is 0 Å². The van der Waals surface area contributed by atoms with Gasteiger partial charge < -0.3 is 14.4 Å². The van der Waals surface area contributed by atoms with Gasteiger partial charge in [0.2, 0.25) is 5.91 Å². The summed E-state index contributed by atoms with van der Waals surface area (Å²) < 4.78 is 9.52. The molecule has 0 heterocycles. The highest BCUT2D eigenvalue weighted by atomic mass is 16.6. The zero-order valence-corrected chi connectivity index (χ0v) is 13.6. The van der Waals surface area contributed by atoms with Crippen molar-refractivity contribution >= 4 is 17.8 Å². The summed E-state index contributed by atoms with van der Waals surface area (Å²) in [7, 11) is 1.54. The van der Waals surface area contributed by atoms with Crippen LogP contribution in [0.25, 0.3) is 0 Å². The largest absolute Gasteiger partial charge is 0.462 e. The molecular formula is C16H23NO5. The van der Waals surface area contributed by atoms with Crippen LogP contribution in [-0.4, -0.2) is 49.6 Å². The Balaban J connectivity index is 5.01. The van der Waals surface area contributed by atoms with Gasteiger partial charge in [0.15, 0.2) is 0 Å². The first kappa shape index (κ1) is 19.7. The van der Waals surface area contributed by atoms with Crippen molar-refractivity contribution in [3.63, 3.8) is 0 Å². The van der Waals surface area contributed by atoms with Gasteiger partial charge in [-0.3, -0.25) is 4.79 Å². The number of hydrogen-bond donors (Lipinski definition) is 0. The Morgan fingerprint density at radius 3 is 2.00 bits per heavy atom. The molecule has 0 aromatic heterocycles. The zero-order valence-electron chi connectivity index (χ0n) is 13.6. The molecule has 0 fully saturated rings. The highest BCUT2D eigenvalue weighted by Gasteiger charge is 2.23. The number of unbranched alkanes of at least 4 members (excludes halogenated alkanes) is 1. The molecule has 0 aromatic rings. The summed E-state index contributed by atoms with van der Waals surface area (Å²) in [5.74, 6) is 3.49. The van der Waals surface area contributed by atoms with Gasteiger partial charge in [-0.25, -0.2) is 9.59 Å². The van der Waals surface area contributed by atoms with Crippen molar-refractivity contribution in [1.29, 1.82) is 0 Å². The fraction of sp³-hybridized carbons (Fsp3) is 0.562. The van der Waals surface area contributed by atoms with Gasteiger partial charge in [0, 0.05) is 19.5 Å². The first-order valence-electron chi connectivity index (χ1n) is 7.24. The third kappa shape index (κ3) is 7.48. The van der Waals surface area contributed by atoms with Crippen LogP contribution in [0, 0.1) is 11.8 Å². The molecule has 0 aliphatic carbocycles. The predicted molar refractivity (Wildman–Crippen MR) is 81.7 cm³/mol. The number of amides is 1. The molecule has 0 bridgehead atoms. The maximum absolute atomic E-state index is 12.0. The minimum absolute atomic E-state index is 0.0993. The molecule has 1 amide bonds. The summed E-state index contributed by atoms with van der Waals surface area (Å²) in [6.07, 6.45) is 2.63. The summed E-state index contributed by atoms with van der Waals surface area (Å²) in [5.41, 5.74) is -0.415. The highest BCUT2D eigenvalue weighted by Crippen LogP contribution is 2.04. The van der Waals surface area contributed by atoms with E-state index in [0.29, 0.717) is 0 Å². The lowest BCUT2D eigenvalue weighted by atomic mass is 10.2. The van der Waals surface area contributed by atoms with E-state index >= 15 is 0 Å². The van der Waals surface area contributed by atoms with E-state index in [4.69, 9.17) is 9.47 Å². The van der Waals surface area contributed by atoms with E-state index in [2.05, 4.69) is 11.8 Å². The fourth-order valence-electron chi connectivity index (χ4n) is 1.32. The fourth-order valence-corrected chi connectivity index (χ4v) is 1.32. The van der Waals surface area contributed by atoms with E-state index in [0.717, 1.165) is 18.9 Å². The lowest BCUT2D eigenvalue weighted by Crippen LogP contribution is -2.28. The molecule has 0 aromatic carbocycles.